The zero-order valence-electron chi connectivity index (χ0n) is 10.7. The highest BCUT2D eigenvalue weighted by molar-refractivity contribution is 9.10. The van der Waals surface area contributed by atoms with Gasteiger partial charge in [-0.1, -0.05) is 0 Å². The smallest absolute Gasteiger partial charge is 0.270 e. The molecule has 0 radical (unpaired) electrons. The van der Waals surface area contributed by atoms with Crippen molar-refractivity contribution in [2.45, 2.75) is 6.42 Å². The van der Waals surface area contributed by atoms with Crippen molar-refractivity contribution in [3.8, 4) is 0 Å². The number of benzene rings is 1. The first-order chi connectivity index (χ1) is 9.09. The lowest BCUT2D eigenvalue weighted by Gasteiger charge is -2.20. The van der Waals surface area contributed by atoms with Crippen molar-refractivity contribution < 1.29 is 9.72 Å². The van der Waals surface area contributed by atoms with Crippen molar-refractivity contribution in [2.75, 3.05) is 26.2 Å². The van der Waals surface area contributed by atoms with Crippen LogP contribution in [0.2, 0.25) is 0 Å². The van der Waals surface area contributed by atoms with Crippen LogP contribution in [0.5, 0.6) is 0 Å². The van der Waals surface area contributed by atoms with Crippen LogP contribution in [0.25, 0.3) is 0 Å². The molecule has 1 heterocycles. The Hall–Kier alpha value is -1.18. The molecule has 0 atom stereocenters. The van der Waals surface area contributed by atoms with E-state index in [0.717, 1.165) is 19.5 Å². The van der Waals surface area contributed by atoms with Crippen LogP contribution in [0.4, 0.5) is 5.69 Å². The van der Waals surface area contributed by atoms with Crippen molar-refractivity contribution in [1.29, 1.82) is 0 Å². The van der Waals surface area contributed by atoms with E-state index in [9.17, 15) is 14.9 Å². The summed E-state index contributed by atoms with van der Waals surface area (Å²) in [5, 5.41) is 13.9. The standard InChI is InChI=1S/C12H14BrN3O3.ClH/c13-11-8-9(16(18)19)2-3-10(11)12(17)15-6-1-4-14-5-7-15;/h2-3,8,14H,1,4-7H2;1H. The number of non-ortho nitro benzene ring substituents is 1. The molecular weight excluding hydrogens is 350 g/mol. The largest absolute Gasteiger partial charge is 0.337 e. The summed E-state index contributed by atoms with van der Waals surface area (Å²) in [5.41, 5.74) is 0.438. The van der Waals surface area contributed by atoms with Gasteiger partial charge in [-0.2, -0.15) is 0 Å². The van der Waals surface area contributed by atoms with E-state index >= 15 is 0 Å². The summed E-state index contributed by atoms with van der Waals surface area (Å²) in [6.07, 6.45) is 0.913. The zero-order valence-corrected chi connectivity index (χ0v) is 13.1. The number of amides is 1. The Morgan fingerprint density at radius 2 is 2.10 bits per heavy atom. The minimum atomic E-state index is -0.477. The molecule has 0 unspecified atom stereocenters. The number of carbonyl (C=O) groups is 1. The lowest BCUT2D eigenvalue weighted by atomic mass is 10.1. The van der Waals surface area contributed by atoms with Gasteiger partial charge < -0.3 is 10.2 Å². The molecular formula is C12H15BrClN3O3. The maximum absolute atomic E-state index is 12.4. The van der Waals surface area contributed by atoms with Crippen LogP contribution in [-0.2, 0) is 0 Å². The first kappa shape index (κ1) is 16.9. The number of nitro groups is 1. The summed E-state index contributed by atoms with van der Waals surface area (Å²) in [6.45, 7) is 3.04. The van der Waals surface area contributed by atoms with E-state index in [1.807, 2.05) is 0 Å². The Morgan fingerprint density at radius 1 is 1.35 bits per heavy atom. The van der Waals surface area contributed by atoms with Gasteiger partial charge in [-0.3, -0.25) is 14.9 Å². The molecule has 20 heavy (non-hydrogen) atoms. The first-order valence-electron chi connectivity index (χ1n) is 6.03. The predicted molar refractivity (Wildman–Crippen MR) is 81.4 cm³/mol. The van der Waals surface area contributed by atoms with Crippen molar-refractivity contribution >= 4 is 39.9 Å². The van der Waals surface area contributed by atoms with Gasteiger partial charge in [-0.25, -0.2) is 0 Å². The Labute approximate surface area is 131 Å². The average Bonchev–Trinajstić information content (AvgIpc) is 2.66. The topological polar surface area (TPSA) is 75.5 Å². The fourth-order valence-corrected chi connectivity index (χ4v) is 2.55. The fraction of sp³-hybridized carbons (Fsp3) is 0.417. The molecule has 1 fully saturated rings. The van der Waals surface area contributed by atoms with E-state index < -0.39 is 4.92 Å². The Bertz CT molecular complexity index is 505. The van der Waals surface area contributed by atoms with Gasteiger partial charge in [0.05, 0.1) is 10.5 Å². The second kappa shape index (κ2) is 7.56. The van der Waals surface area contributed by atoms with Gasteiger partial charge in [0.15, 0.2) is 0 Å². The summed E-state index contributed by atoms with van der Waals surface area (Å²) >= 11 is 3.23. The monoisotopic (exact) mass is 363 g/mol. The summed E-state index contributed by atoms with van der Waals surface area (Å²) in [5.74, 6) is -0.0922. The molecule has 2 rings (SSSR count). The Kier molecular flexibility index (Phi) is 6.38. The van der Waals surface area contributed by atoms with Crippen LogP contribution < -0.4 is 5.32 Å². The number of rotatable bonds is 2. The van der Waals surface area contributed by atoms with Gasteiger partial charge in [0.1, 0.15) is 0 Å². The maximum atomic E-state index is 12.4. The molecule has 110 valence electrons. The van der Waals surface area contributed by atoms with E-state index in [2.05, 4.69) is 21.2 Å². The fourth-order valence-electron chi connectivity index (χ4n) is 2.01. The van der Waals surface area contributed by atoms with Crippen LogP contribution >= 0.6 is 28.3 Å². The van der Waals surface area contributed by atoms with Crippen LogP contribution in [0.3, 0.4) is 0 Å². The van der Waals surface area contributed by atoms with E-state index in [0.29, 0.717) is 23.1 Å². The molecule has 1 saturated heterocycles. The van der Waals surface area contributed by atoms with E-state index in [1.165, 1.54) is 18.2 Å². The van der Waals surface area contributed by atoms with Gasteiger partial charge in [-0.15, -0.1) is 12.4 Å². The van der Waals surface area contributed by atoms with Gasteiger partial charge in [0.25, 0.3) is 11.6 Å². The second-order valence-corrected chi connectivity index (χ2v) is 5.17. The maximum Gasteiger partial charge on any atom is 0.270 e. The quantitative estimate of drug-likeness (QED) is 0.645. The van der Waals surface area contributed by atoms with E-state index in [-0.39, 0.29) is 24.0 Å². The highest BCUT2D eigenvalue weighted by atomic mass is 79.9. The third-order valence-electron chi connectivity index (χ3n) is 3.02. The van der Waals surface area contributed by atoms with E-state index in [1.54, 1.807) is 4.90 Å². The number of nitro benzene ring substituents is 1. The molecule has 1 amide bonds. The average molecular weight is 365 g/mol. The lowest BCUT2D eigenvalue weighted by Crippen LogP contribution is -2.34. The Balaban J connectivity index is 0.00000200. The summed E-state index contributed by atoms with van der Waals surface area (Å²) in [4.78, 5) is 24.3. The second-order valence-electron chi connectivity index (χ2n) is 4.32. The highest BCUT2D eigenvalue weighted by Crippen LogP contribution is 2.24. The molecule has 0 bridgehead atoms. The Morgan fingerprint density at radius 3 is 2.75 bits per heavy atom. The molecule has 0 spiro atoms. The molecule has 1 aliphatic rings. The van der Waals surface area contributed by atoms with E-state index in [4.69, 9.17) is 0 Å². The number of nitrogens with zero attached hydrogens (tertiary/aromatic N) is 2. The summed E-state index contributed by atoms with van der Waals surface area (Å²) < 4.78 is 0.462. The minimum absolute atomic E-state index is 0. The summed E-state index contributed by atoms with van der Waals surface area (Å²) in [6, 6.07) is 4.22. The van der Waals surface area contributed by atoms with Gasteiger partial charge >= 0.3 is 0 Å². The minimum Gasteiger partial charge on any atom is -0.337 e. The van der Waals surface area contributed by atoms with Gasteiger partial charge in [0.2, 0.25) is 0 Å². The molecule has 0 saturated carbocycles. The van der Waals surface area contributed by atoms with Crippen molar-refractivity contribution in [1.82, 2.24) is 10.2 Å². The molecule has 1 aromatic rings. The van der Waals surface area contributed by atoms with Crippen LogP contribution in [0, 0.1) is 10.1 Å². The zero-order chi connectivity index (χ0) is 13.8. The van der Waals surface area contributed by atoms with Gasteiger partial charge in [0, 0.05) is 36.2 Å². The third kappa shape index (κ3) is 3.91. The van der Waals surface area contributed by atoms with Crippen molar-refractivity contribution in [2.24, 2.45) is 0 Å². The normalized spacial score (nSPS) is 15.2. The number of halogens is 2. The van der Waals surface area contributed by atoms with Crippen molar-refractivity contribution in [3.05, 3.63) is 38.3 Å². The van der Waals surface area contributed by atoms with Gasteiger partial charge in [-0.05, 0) is 35.0 Å². The van der Waals surface area contributed by atoms with Crippen LogP contribution in [-0.4, -0.2) is 41.9 Å². The number of carbonyl (C=O) groups excluding carboxylic acids is 1. The lowest BCUT2D eigenvalue weighted by molar-refractivity contribution is -0.384. The SMILES string of the molecule is Cl.O=C(c1ccc([N+](=O)[O-])cc1Br)N1CCCNCC1. The highest BCUT2D eigenvalue weighted by Gasteiger charge is 2.20. The molecule has 1 aliphatic heterocycles. The molecule has 1 N–H and O–H groups in total. The molecule has 8 heteroatoms. The third-order valence-corrected chi connectivity index (χ3v) is 3.68. The molecule has 6 nitrogen and oxygen atoms in total. The number of hydrogen-bond donors (Lipinski definition) is 1. The number of nitrogens with one attached hydrogen (secondary N) is 1. The number of hydrogen-bond acceptors (Lipinski definition) is 4. The molecule has 0 aliphatic carbocycles. The van der Waals surface area contributed by atoms with Crippen molar-refractivity contribution in [3.63, 3.8) is 0 Å². The first-order valence-corrected chi connectivity index (χ1v) is 6.83. The van der Waals surface area contributed by atoms with Crippen LogP contribution in [0.1, 0.15) is 16.8 Å². The molecule has 1 aromatic carbocycles. The predicted octanol–water partition coefficient (Wildman–Crippen LogP) is 2.21. The summed E-state index contributed by atoms with van der Waals surface area (Å²) in [7, 11) is 0. The van der Waals surface area contributed by atoms with Crippen LogP contribution in [0.15, 0.2) is 22.7 Å². The molecule has 0 aromatic heterocycles.